The van der Waals surface area contributed by atoms with Crippen molar-refractivity contribution >= 4 is 29.1 Å². The molecule has 3 aromatic rings. The fourth-order valence-electron chi connectivity index (χ4n) is 2.39. The van der Waals surface area contributed by atoms with Crippen LogP contribution in [0.3, 0.4) is 0 Å². The van der Waals surface area contributed by atoms with E-state index in [9.17, 15) is 4.79 Å². The molecule has 0 fully saturated rings. The van der Waals surface area contributed by atoms with Crippen LogP contribution in [0.2, 0.25) is 5.02 Å². The van der Waals surface area contributed by atoms with Crippen molar-refractivity contribution in [2.75, 3.05) is 5.75 Å². The second-order valence-electron chi connectivity index (χ2n) is 5.37. The smallest absolute Gasteiger partial charge is 0.191 e. The minimum absolute atomic E-state index is 0.0222. The van der Waals surface area contributed by atoms with Crippen molar-refractivity contribution in [1.29, 1.82) is 0 Å². The lowest BCUT2D eigenvalue weighted by molar-refractivity contribution is 0.102. The maximum Gasteiger partial charge on any atom is 0.191 e. The first-order valence-corrected chi connectivity index (χ1v) is 8.80. The van der Waals surface area contributed by atoms with Crippen molar-refractivity contribution in [2.45, 2.75) is 12.1 Å². The molecule has 0 unspecified atom stereocenters. The molecule has 0 radical (unpaired) electrons. The molecule has 0 bridgehead atoms. The molecule has 6 heteroatoms. The van der Waals surface area contributed by atoms with Gasteiger partial charge in [0, 0.05) is 18.2 Å². The SMILES string of the molecule is Cc1ccccc1-c1nnc(SCC(=O)c2ccccc2Cl)n1C. The van der Waals surface area contributed by atoms with E-state index in [1.165, 1.54) is 11.8 Å². The molecule has 0 spiro atoms. The van der Waals surface area contributed by atoms with E-state index in [4.69, 9.17) is 11.6 Å². The van der Waals surface area contributed by atoms with Crippen molar-refractivity contribution in [3.8, 4) is 11.4 Å². The highest BCUT2D eigenvalue weighted by Gasteiger charge is 2.15. The third-order valence-electron chi connectivity index (χ3n) is 3.73. The highest BCUT2D eigenvalue weighted by atomic mass is 35.5. The van der Waals surface area contributed by atoms with Gasteiger partial charge in [0.2, 0.25) is 0 Å². The molecule has 122 valence electrons. The zero-order chi connectivity index (χ0) is 17.1. The number of hydrogen-bond acceptors (Lipinski definition) is 4. The van der Waals surface area contributed by atoms with Crippen molar-refractivity contribution in [1.82, 2.24) is 14.8 Å². The van der Waals surface area contributed by atoms with Crippen LogP contribution in [0.4, 0.5) is 0 Å². The number of hydrogen-bond donors (Lipinski definition) is 0. The normalized spacial score (nSPS) is 10.8. The van der Waals surface area contributed by atoms with Gasteiger partial charge in [-0.25, -0.2) is 0 Å². The molecular formula is C18H16ClN3OS. The Hall–Kier alpha value is -2.11. The Labute approximate surface area is 149 Å². The third-order valence-corrected chi connectivity index (χ3v) is 5.08. The molecule has 1 heterocycles. The van der Waals surface area contributed by atoms with Crippen LogP contribution in [0.1, 0.15) is 15.9 Å². The number of carbonyl (C=O) groups is 1. The van der Waals surface area contributed by atoms with Gasteiger partial charge in [0.25, 0.3) is 0 Å². The van der Waals surface area contributed by atoms with Crippen molar-refractivity contribution in [3.05, 3.63) is 64.7 Å². The first-order valence-electron chi connectivity index (χ1n) is 7.44. The van der Waals surface area contributed by atoms with E-state index in [2.05, 4.69) is 10.2 Å². The lowest BCUT2D eigenvalue weighted by atomic mass is 10.1. The van der Waals surface area contributed by atoms with E-state index in [1.54, 1.807) is 12.1 Å². The van der Waals surface area contributed by atoms with Gasteiger partial charge in [-0.1, -0.05) is 59.8 Å². The van der Waals surface area contributed by atoms with E-state index >= 15 is 0 Å². The van der Waals surface area contributed by atoms with Crippen molar-refractivity contribution < 1.29 is 4.79 Å². The highest BCUT2D eigenvalue weighted by Crippen LogP contribution is 2.26. The third kappa shape index (κ3) is 3.37. The Morgan fingerprint density at radius 2 is 1.83 bits per heavy atom. The first-order chi connectivity index (χ1) is 11.6. The second kappa shape index (κ2) is 7.20. The van der Waals surface area contributed by atoms with E-state index in [1.807, 2.05) is 54.9 Å². The molecule has 3 rings (SSSR count). The fraction of sp³-hybridized carbons (Fsp3) is 0.167. The van der Waals surface area contributed by atoms with Crippen LogP contribution >= 0.6 is 23.4 Å². The number of Topliss-reactive ketones (excluding diaryl/α,β-unsaturated/α-hetero) is 1. The quantitative estimate of drug-likeness (QED) is 0.501. The molecule has 0 atom stereocenters. The number of nitrogens with zero attached hydrogens (tertiary/aromatic N) is 3. The predicted molar refractivity (Wildman–Crippen MR) is 97.7 cm³/mol. The average molecular weight is 358 g/mol. The number of aryl methyl sites for hydroxylation is 1. The summed E-state index contributed by atoms with van der Waals surface area (Å²) in [6, 6.07) is 15.1. The van der Waals surface area contributed by atoms with Crippen LogP contribution in [-0.2, 0) is 7.05 Å². The minimum atomic E-state index is -0.0222. The second-order valence-corrected chi connectivity index (χ2v) is 6.72. The van der Waals surface area contributed by atoms with E-state index in [0.717, 1.165) is 17.0 Å². The maximum atomic E-state index is 12.3. The van der Waals surface area contributed by atoms with Crippen LogP contribution < -0.4 is 0 Å². The Morgan fingerprint density at radius 3 is 2.58 bits per heavy atom. The largest absolute Gasteiger partial charge is 0.305 e. The van der Waals surface area contributed by atoms with Crippen LogP contribution in [0.15, 0.2) is 53.7 Å². The molecule has 0 aliphatic carbocycles. The van der Waals surface area contributed by atoms with Crippen LogP contribution in [0, 0.1) is 6.92 Å². The number of ketones is 1. The van der Waals surface area contributed by atoms with Gasteiger partial charge in [-0.15, -0.1) is 10.2 Å². The summed E-state index contributed by atoms with van der Waals surface area (Å²) in [7, 11) is 1.91. The van der Waals surface area contributed by atoms with E-state index < -0.39 is 0 Å². The van der Waals surface area contributed by atoms with Gasteiger partial charge >= 0.3 is 0 Å². The zero-order valence-electron chi connectivity index (χ0n) is 13.4. The lowest BCUT2D eigenvalue weighted by Crippen LogP contribution is -2.04. The Morgan fingerprint density at radius 1 is 1.12 bits per heavy atom. The number of benzene rings is 2. The van der Waals surface area contributed by atoms with Crippen LogP contribution in [0.25, 0.3) is 11.4 Å². The van der Waals surface area contributed by atoms with E-state index in [-0.39, 0.29) is 11.5 Å². The average Bonchev–Trinajstić information content (AvgIpc) is 2.94. The summed E-state index contributed by atoms with van der Waals surface area (Å²) in [5.41, 5.74) is 2.71. The topological polar surface area (TPSA) is 47.8 Å². The fourth-order valence-corrected chi connectivity index (χ4v) is 3.43. The first kappa shape index (κ1) is 16.7. The summed E-state index contributed by atoms with van der Waals surface area (Å²) >= 11 is 7.43. The summed E-state index contributed by atoms with van der Waals surface area (Å²) in [6.45, 7) is 2.04. The molecular weight excluding hydrogens is 342 g/mol. The van der Waals surface area contributed by atoms with E-state index in [0.29, 0.717) is 15.7 Å². The number of thioether (sulfide) groups is 1. The molecule has 2 aromatic carbocycles. The van der Waals surface area contributed by atoms with Gasteiger partial charge in [-0.2, -0.15) is 0 Å². The molecule has 0 amide bonds. The van der Waals surface area contributed by atoms with Gasteiger partial charge in [0.15, 0.2) is 16.8 Å². The maximum absolute atomic E-state index is 12.3. The monoisotopic (exact) mass is 357 g/mol. The van der Waals surface area contributed by atoms with Crippen molar-refractivity contribution in [3.63, 3.8) is 0 Å². The van der Waals surface area contributed by atoms with Gasteiger partial charge in [0.05, 0.1) is 10.8 Å². The highest BCUT2D eigenvalue weighted by molar-refractivity contribution is 7.99. The number of carbonyl (C=O) groups excluding carboxylic acids is 1. The molecule has 0 aliphatic heterocycles. The van der Waals surface area contributed by atoms with Crippen molar-refractivity contribution in [2.24, 2.45) is 7.05 Å². The summed E-state index contributed by atoms with van der Waals surface area (Å²) < 4.78 is 1.91. The van der Waals surface area contributed by atoms with Gasteiger partial charge in [-0.3, -0.25) is 4.79 Å². The molecule has 0 aliphatic rings. The van der Waals surface area contributed by atoms with Gasteiger partial charge in [-0.05, 0) is 24.6 Å². The molecule has 1 aromatic heterocycles. The van der Waals surface area contributed by atoms with Crippen LogP contribution in [-0.4, -0.2) is 26.3 Å². The lowest BCUT2D eigenvalue weighted by Gasteiger charge is -2.06. The number of halogens is 1. The predicted octanol–water partition coefficient (Wildman–Crippen LogP) is 4.42. The minimum Gasteiger partial charge on any atom is -0.305 e. The van der Waals surface area contributed by atoms with Gasteiger partial charge in [0.1, 0.15) is 0 Å². The summed E-state index contributed by atoms with van der Waals surface area (Å²) in [4.78, 5) is 12.3. The molecule has 24 heavy (non-hydrogen) atoms. The standard InChI is InChI=1S/C18H16ClN3OS/c1-12-7-3-4-8-13(12)17-20-21-18(22(17)2)24-11-16(23)14-9-5-6-10-15(14)19/h3-10H,11H2,1-2H3. The summed E-state index contributed by atoms with van der Waals surface area (Å²) in [5, 5.41) is 9.66. The zero-order valence-corrected chi connectivity index (χ0v) is 14.9. The molecule has 4 nitrogen and oxygen atoms in total. The molecule has 0 N–H and O–H groups in total. The molecule has 0 saturated carbocycles. The summed E-state index contributed by atoms with van der Waals surface area (Å²) in [6.07, 6.45) is 0. The Kier molecular flexibility index (Phi) is 5.02. The Bertz CT molecular complexity index is 891. The number of rotatable bonds is 5. The molecule has 0 saturated heterocycles. The van der Waals surface area contributed by atoms with Crippen LogP contribution in [0.5, 0.6) is 0 Å². The Balaban J connectivity index is 1.77. The number of aromatic nitrogens is 3. The van der Waals surface area contributed by atoms with Gasteiger partial charge < -0.3 is 4.57 Å². The summed E-state index contributed by atoms with van der Waals surface area (Å²) in [5.74, 6) is 1.04.